The number of sulfonamides is 1. The Morgan fingerprint density at radius 1 is 1.38 bits per heavy atom. The van der Waals surface area contributed by atoms with Crippen LogP contribution >= 0.6 is 0 Å². The molecule has 0 radical (unpaired) electrons. The van der Waals surface area contributed by atoms with E-state index in [0.717, 1.165) is 12.3 Å². The largest absolute Gasteiger partial charge is 0.244 e. The van der Waals surface area contributed by atoms with Crippen LogP contribution in [0.2, 0.25) is 0 Å². The van der Waals surface area contributed by atoms with Crippen LogP contribution in [-0.4, -0.2) is 19.9 Å². The van der Waals surface area contributed by atoms with Gasteiger partial charge in [-0.2, -0.15) is 5.26 Å². The van der Waals surface area contributed by atoms with Gasteiger partial charge in [0, 0.05) is 12.7 Å². The van der Waals surface area contributed by atoms with Gasteiger partial charge in [-0.05, 0) is 30.4 Å². The lowest BCUT2D eigenvalue weighted by Gasteiger charge is -2.26. The van der Waals surface area contributed by atoms with Gasteiger partial charge in [0.15, 0.2) is 5.69 Å². The fourth-order valence-electron chi connectivity index (χ4n) is 2.78. The fourth-order valence-corrected chi connectivity index (χ4v) is 3.94. The van der Waals surface area contributed by atoms with Crippen LogP contribution in [0.4, 0.5) is 0 Å². The SMILES string of the molecule is CC1CCC(CCNS(=O)(=O)c2cccnc2C#N)CC1. The molecule has 0 aliphatic heterocycles. The molecule has 1 N–H and O–H groups in total. The molecular formula is C15H21N3O2S. The van der Waals surface area contributed by atoms with E-state index in [1.54, 1.807) is 0 Å². The summed E-state index contributed by atoms with van der Waals surface area (Å²) in [6.45, 7) is 2.69. The summed E-state index contributed by atoms with van der Waals surface area (Å²) in [6.07, 6.45) is 7.10. The van der Waals surface area contributed by atoms with Crippen LogP contribution in [0.1, 0.15) is 44.7 Å². The lowest BCUT2D eigenvalue weighted by atomic mass is 9.81. The molecule has 0 atom stereocenters. The second-order valence-corrected chi connectivity index (χ2v) is 7.51. The van der Waals surface area contributed by atoms with Gasteiger partial charge < -0.3 is 0 Å². The highest BCUT2D eigenvalue weighted by Crippen LogP contribution is 2.30. The zero-order chi connectivity index (χ0) is 15.3. The molecule has 5 nitrogen and oxygen atoms in total. The van der Waals surface area contributed by atoms with Crippen molar-refractivity contribution in [2.75, 3.05) is 6.54 Å². The van der Waals surface area contributed by atoms with Gasteiger partial charge in [-0.3, -0.25) is 0 Å². The summed E-state index contributed by atoms with van der Waals surface area (Å²) in [5.41, 5.74) is -0.0588. The Morgan fingerprint density at radius 3 is 2.76 bits per heavy atom. The van der Waals surface area contributed by atoms with Crippen molar-refractivity contribution in [3.8, 4) is 6.07 Å². The number of pyridine rings is 1. The maximum Gasteiger partial charge on any atom is 0.243 e. The Balaban J connectivity index is 1.91. The highest BCUT2D eigenvalue weighted by Gasteiger charge is 2.21. The van der Waals surface area contributed by atoms with E-state index in [2.05, 4.69) is 16.6 Å². The van der Waals surface area contributed by atoms with Gasteiger partial charge in [-0.15, -0.1) is 0 Å². The van der Waals surface area contributed by atoms with Crippen LogP contribution < -0.4 is 4.72 Å². The molecule has 6 heteroatoms. The predicted molar refractivity (Wildman–Crippen MR) is 79.9 cm³/mol. The first-order chi connectivity index (χ1) is 10.0. The van der Waals surface area contributed by atoms with E-state index >= 15 is 0 Å². The molecule has 0 saturated heterocycles. The number of aromatic nitrogens is 1. The van der Waals surface area contributed by atoms with Crippen LogP contribution in [0.15, 0.2) is 23.2 Å². The topological polar surface area (TPSA) is 82.8 Å². The summed E-state index contributed by atoms with van der Waals surface area (Å²) >= 11 is 0. The Morgan fingerprint density at radius 2 is 2.10 bits per heavy atom. The molecule has 0 spiro atoms. The van der Waals surface area contributed by atoms with E-state index in [0.29, 0.717) is 12.5 Å². The normalized spacial score (nSPS) is 22.7. The van der Waals surface area contributed by atoms with Crippen LogP contribution in [0.25, 0.3) is 0 Å². The number of hydrogen-bond acceptors (Lipinski definition) is 4. The number of nitrogens with one attached hydrogen (secondary N) is 1. The van der Waals surface area contributed by atoms with E-state index in [9.17, 15) is 8.42 Å². The molecule has 21 heavy (non-hydrogen) atoms. The van der Waals surface area contributed by atoms with E-state index < -0.39 is 10.0 Å². The second kappa shape index (κ2) is 7.01. The zero-order valence-corrected chi connectivity index (χ0v) is 13.1. The first-order valence-electron chi connectivity index (χ1n) is 7.37. The molecule has 1 fully saturated rings. The molecule has 0 aromatic carbocycles. The van der Waals surface area contributed by atoms with Gasteiger partial charge in [0.25, 0.3) is 0 Å². The van der Waals surface area contributed by atoms with Crippen molar-refractivity contribution in [3.05, 3.63) is 24.0 Å². The summed E-state index contributed by atoms with van der Waals surface area (Å²) in [4.78, 5) is 3.75. The third kappa shape index (κ3) is 4.26. The molecule has 1 aliphatic rings. The highest BCUT2D eigenvalue weighted by molar-refractivity contribution is 7.89. The molecule has 1 heterocycles. The van der Waals surface area contributed by atoms with Crippen molar-refractivity contribution >= 4 is 10.0 Å². The van der Waals surface area contributed by atoms with Crippen molar-refractivity contribution in [2.24, 2.45) is 11.8 Å². The zero-order valence-electron chi connectivity index (χ0n) is 12.2. The molecule has 1 aliphatic carbocycles. The molecular weight excluding hydrogens is 286 g/mol. The minimum atomic E-state index is -3.65. The summed E-state index contributed by atoms with van der Waals surface area (Å²) in [5, 5.41) is 8.93. The molecule has 1 saturated carbocycles. The van der Waals surface area contributed by atoms with E-state index in [1.165, 1.54) is 44.0 Å². The average Bonchev–Trinajstić information content (AvgIpc) is 2.49. The van der Waals surface area contributed by atoms with Gasteiger partial charge in [0.1, 0.15) is 11.0 Å². The van der Waals surface area contributed by atoms with Crippen molar-refractivity contribution in [1.82, 2.24) is 9.71 Å². The maximum atomic E-state index is 12.2. The van der Waals surface area contributed by atoms with Crippen LogP contribution in [0.5, 0.6) is 0 Å². The van der Waals surface area contributed by atoms with E-state index in [1.807, 2.05) is 6.07 Å². The quantitative estimate of drug-likeness (QED) is 0.905. The molecule has 1 aromatic rings. The lowest BCUT2D eigenvalue weighted by Crippen LogP contribution is -2.28. The van der Waals surface area contributed by atoms with Crippen LogP contribution in [-0.2, 0) is 10.0 Å². The molecule has 0 unspecified atom stereocenters. The standard InChI is InChI=1S/C15H21N3O2S/c1-12-4-6-13(7-5-12)8-10-18-21(19,20)15-3-2-9-17-14(15)11-16/h2-3,9,12-13,18H,4-8,10H2,1H3. The first-order valence-corrected chi connectivity index (χ1v) is 8.86. The van der Waals surface area contributed by atoms with Gasteiger partial charge >= 0.3 is 0 Å². The lowest BCUT2D eigenvalue weighted by molar-refractivity contribution is 0.278. The summed E-state index contributed by atoms with van der Waals surface area (Å²) in [6, 6.07) is 4.75. The molecule has 2 rings (SSSR count). The first kappa shape index (κ1) is 15.9. The highest BCUT2D eigenvalue weighted by atomic mass is 32.2. The van der Waals surface area contributed by atoms with Crippen molar-refractivity contribution in [3.63, 3.8) is 0 Å². The van der Waals surface area contributed by atoms with Crippen molar-refractivity contribution in [2.45, 2.75) is 43.9 Å². The molecule has 114 valence electrons. The third-order valence-corrected chi connectivity index (χ3v) is 5.64. The number of hydrogen-bond donors (Lipinski definition) is 1. The Kier molecular flexibility index (Phi) is 5.32. The average molecular weight is 307 g/mol. The van der Waals surface area contributed by atoms with Crippen molar-refractivity contribution in [1.29, 1.82) is 5.26 Å². The maximum absolute atomic E-state index is 12.2. The van der Waals surface area contributed by atoms with Crippen LogP contribution in [0, 0.1) is 23.2 Å². The molecule has 0 amide bonds. The van der Waals surface area contributed by atoms with Crippen LogP contribution in [0.3, 0.4) is 0 Å². The molecule has 1 aromatic heterocycles. The van der Waals surface area contributed by atoms with Gasteiger partial charge in [0.05, 0.1) is 0 Å². The smallest absolute Gasteiger partial charge is 0.243 e. The summed E-state index contributed by atoms with van der Waals surface area (Å²) < 4.78 is 27.0. The minimum Gasteiger partial charge on any atom is -0.244 e. The summed E-state index contributed by atoms with van der Waals surface area (Å²) in [7, 11) is -3.65. The number of nitriles is 1. The van der Waals surface area contributed by atoms with Gasteiger partial charge in [0.2, 0.25) is 10.0 Å². The van der Waals surface area contributed by atoms with E-state index in [-0.39, 0.29) is 10.6 Å². The van der Waals surface area contributed by atoms with Crippen molar-refractivity contribution < 1.29 is 8.42 Å². The summed E-state index contributed by atoms with van der Waals surface area (Å²) in [5.74, 6) is 1.40. The predicted octanol–water partition coefficient (Wildman–Crippen LogP) is 2.45. The Labute approximate surface area is 126 Å². The van der Waals surface area contributed by atoms with Gasteiger partial charge in [-0.25, -0.2) is 18.1 Å². The number of rotatable bonds is 5. The van der Waals surface area contributed by atoms with Gasteiger partial charge in [-0.1, -0.05) is 32.6 Å². The number of nitrogens with zero attached hydrogens (tertiary/aromatic N) is 2. The fraction of sp³-hybridized carbons (Fsp3) is 0.600. The Hall–Kier alpha value is -1.45. The Bertz CT molecular complexity index is 614. The third-order valence-electron chi connectivity index (χ3n) is 4.15. The monoisotopic (exact) mass is 307 g/mol. The minimum absolute atomic E-state index is 0.0373. The van der Waals surface area contributed by atoms with E-state index in [4.69, 9.17) is 5.26 Å². The second-order valence-electron chi connectivity index (χ2n) is 5.77. The molecule has 0 bridgehead atoms.